The largest absolute Gasteiger partial charge is 0.345 e. The average molecular weight is 409 g/mol. The Balaban J connectivity index is 1.88. The summed E-state index contributed by atoms with van der Waals surface area (Å²) in [4.78, 5) is 17.4. The Kier molecular flexibility index (Phi) is 5.86. The number of nitrogens with one attached hydrogen (secondary N) is 1. The van der Waals surface area contributed by atoms with Crippen LogP contribution in [0.4, 0.5) is 0 Å². The average Bonchev–Trinajstić information content (AvgIpc) is 2.67. The molecule has 144 valence electrons. The molecule has 3 rings (SSSR count). The molecule has 0 aliphatic heterocycles. The number of rotatable bonds is 5. The zero-order chi connectivity index (χ0) is 19.6. The van der Waals surface area contributed by atoms with Gasteiger partial charge in [0.25, 0.3) is 15.9 Å². The van der Waals surface area contributed by atoms with Crippen LogP contribution in [0.2, 0.25) is 5.02 Å². The maximum atomic E-state index is 12.8. The molecule has 1 N–H and O–H groups in total. The maximum absolute atomic E-state index is 12.8. The van der Waals surface area contributed by atoms with Gasteiger partial charge >= 0.3 is 0 Å². The van der Waals surface area contributed by atoms with E-state index in [0.717, 1.165) is 24.8 Å². The summed E-state index contributed by atoms with van der Waals surface area (Å²) in [5, 5.41) is 3.04. The zero-order valence-corrected chi connectivity index (χ0v) is 16.7. The molecule has 0 aromatic heterocycles. The summed E-state index contributed by atoms with van der Waals surface area (Å²) in [6, 6.07) is 12.1. The molecular formula is C19H21ClN2O4S. The molecule has 1 aliphatic rings. The lowest BCUT2D eigenvalue weighted by Crippen LogP contribution is -2.31. The fourth-order valence-corrected chi connectivity index (χ4v) is 4.70. The van der Waals surface area contributed by atoms with Gasteiger partial charge in [0.2, 0.25) is 0 Å². The van der Waals surface area contributed by atoms with Gasteiger partial charge in [-0.05, 0) is 48.6 Å². The highest BCUT2D eigenvalue weighted by molar-refractivity contribution is 7.89. The molecule has 8 heteroatoms. The lowest BCUT2D eigenvalue weighted by molar-refractivity contribution is -0.0258. The molecule has 0 spiro atoms. The summed E-state index contributed by atoms with van der Waals surface area (Å²) in [6.45, 7) is 0. The highest BCUT2D eigenvalue weighted by Gasteiger charge is 2.26. The van der Waals surface area contributed by atoms with Gasteiger partial charge in [0, 0.05) is 12.6 Å². The molecule has 1 aliphatic carbocycles. The minimum absolute atomic E-state index is 0.0264. The van der Waals surface area contributed by atoms with E-state index in [0.29, 0.717) is 4.47 Å². The molecule has 1 unspecified atom stereocenters. The van der Waals surface area contributed by atoms with E-state index in [1.807, 2.05) is 18.2 Å². The molecular weight excluding hydrogens is 388 g/mol. The second kappa shape index (κ2) is 7.98. The van der Waals surface area contributed by atoms with E-state index in [-0.39, 0.29) is 27.4 Å². The molecule has 0 heterocycles. The number of hydrogen-bond donors (Lipinski definition) is 1. The number of aryl methyl sites for hydroxylation is 1. The third-order valence-corrected chi connectivity index (χ3v) is 6.90. The predicted molar refractivity (Wildman–Crippen MR) is 103 cm³/mol. The van der Waals surface area contributed by atoms with Crippen molar-refractivity contribution in [2.75, 3.05) is 14.2 Å². The Bertz CT molecular complexity index is 962. The van der Waals surface area contributed by atoms with Crippen LogP contribution >= 0.6 is 11.6 Å². The molecule has 2 aromatic carbocycles. The number of hydroxylamine groups is 1. The molecule has 0 radical (unpaired) electrons. The first-order valence-electron chi connectivity index (χ1n) is 8.56. The Morgan fingerprint density at radius 2 is 2.00 bits per heavy atom. The monoisotopic (exact) mass is 408 g/mol. The molecule has 1 amide bonds. The number of carbonyl (C=O) groups is 1. The lowest BCUT2D eigenvalue weighted by Gasteiger charge is -2.26. The van der Waals surface area contributed by atoms with Crippen LogP contribution in [0.15, 0.2) is 47.4 Å². The van der Waals surface area contributed by atoms with Crippen molar-refractivity contribution in [3.8, 4) is 0 Å². The van der Waals surface area contributed by atoms with Crippen LogP contribution in [0.25, 0.3) is 0 Å². The minimum atomic E-state index is -3.96. The second-order valence-corrected chi connectivity index (χ2v) is 8.67. The number of benzene rings is 2. The maximum Gasteiger partial charge on any atom is 0.266 e. The molecule has 27 heavy (non-hydrogen) atoms. The van der Waals surface area contributed by atoms with E-state index in [4.69, 9.17) is 16.4 Å². The number of amides is 1. The second-order valence-electron chi connectivity index (χ2n) is 6.36. The van der Waals surface area contributed by atoms with Gasteiger partial charge in [-0.1, -0.05) is 40.3 Å². The van der Waals surface area contributed by atoms with Gasteiger partial charge in [0.05, 0.1) is 18.2 Å². The van der Waals surface area contributed by atoms with Crippen molar-refractivity contribution in [1.82, 2.24) is 9.79 Å². The van der Waals surface area contributed by atoms with Gasteiger partial charge in [-0.2, -0.15) is 0 Å². The lowest BCUT2D eigenvalue weighted by atomic mass is 9.87. The highest BCUT2D eigenvalue weighted by Crippen LogP contribution is 2.30. The normalized spacial score (nSPS) is 16.8. The summed E-state index contributed by atoms with van der Waals surface area (Å²) in [5.41, 5.74) is 2.57. The predicted octanol–water partition coefficient (Wildman–Crippen LogP) is 3.33. The summed E-state index contributed by atoms with van der Waals surface area (Å²) in [7, 11) is -1.46. The fourth-order valence-electron chi connectivity index (χ4n) is 3.22. The highest BCUT2D eigenvalue weighted by atomic mass is 35.5. The number of nitrogens with zero attached hydrogens (tertiary/aromatic N) is 1. The molecule has 0 saturated heterocycles. The summed E-state index contributed by atoms with van der Waals surface area (Å²) < 4.78 is 25.7. The van der Waals surface area contributed by atoms with Crippen LogP contribution in [0.5, 0.6) is 0 Å². The fraction of sp³-hybridized carbons (Fsp3) is 0.316. The van der Waals surface area contributed by atoms with Gasteiger partial charge in [-0.25, -0.2) is 8.42 Å². The third kappa shape index (κ3) is 4.01. The van der Waals surface area contributed by atoms with E-state index in [1.165, 1.54) is 37.9 Å². The number of hydrogen-bond acceptors (Lipinski definition) is 4. The van der Waals surface area contributed by atoms with Gasteiger partial charge in [-0.3, -0.25) is 9.63 Å². The van der Waals surface area contributed by atoms with E-state index in [1.54, 1.807) is 0 Å². The van der Waals surface area contributed by atoms with Gasteiger partial charge in [0.1, 0.15) is 4.90 Å². The minimum Gasteiger partial charge on any atom is -0.345 e. The van der Waals surface area contributed by atoms with Gasteiger partial charge in [0.15, 0.2) is 0 Å². The molecule has 6 nitrogen and oxygen atoms in total. The van der Waals surface area contributed by atoms with Crippen molar-refractivity contribution in [2.45, 2.75) is 30.2 Å². The Morgan fingerprint density at radius 1 is 1.26 bits per heavy atom. The molecule has 0 saturated carbocycles. The van der Waals surface area contributed by atoms with Crippen molar-refractivity contribution in [3.63, 3.8) is 0 Å². The van der Waals surface area contributed by atoms with Gasteiger partial charge in [-0.15, -0.1) is 0 Å². The first-order valence-corrected chi connectivity index (χ1v) is 10.4. The van der Waals surface area contributed by atoms with Crippen LogP contribution in [-0.2, 0) is 21.3 Å². The smallest absolute Gasteiger partial charge is 0.266 e. The van der Waals surface area contributed by atoms with Crippen LogP contribution in [0.3, 0.4) is 0 Å². The summed E-state index contributed by atoms with van der Waals surface area (Å²) >= 11 is 6.05. The van der Waals surface area contributed by atoms with Crippen LogP contribution in [0.1, 0.15) is 40.4 Å². The van der Waals surface area contributed by atoms with Crippen molar-refractivity contribution >= 4 is 27.5 Å². The Hall–Kier alpha value is -1.93. The van der Waals surface area contributed by atoms with Crippen LogP contribution in [0, 0.1) is 0 Å². The number of sulfonamides is 1. The van der Waals surface area contributed by atoms with E-state index in [2.05, 4.69) is 11.4 Å². The first-order chi connectivity index (χ1) is 12.8. The number of halogens is 1. The van der Waals surface area contributed by atoms with Crippen molar-refractivity contribution in [3.05, 3.63) is 64.2 Å². The van der Waals surface area contributed by atoms with Crippen molar-refractivity contribution in [2.24, 2.45) is 0 Å². The summed E-state index contributed by atoms with van der Waals surface area (Å²) in [6.07, 6.45) is 2.82. The molecule has 0 bridgehead atoms. The number of fused-ring (bicyclic) bond motifs is 1. The van der Waals surface area contributed by atoms with Gasteiger partial charge < -0.3 is 5.32 Å². The van der Waals surface area contributed by atoms with Crippen molar-refractivity contribution in [1.29, 1.82) is 0 Å². The quantitative estimate of drug-likeness (QED) is 0.770. The number of carbonyl (C=O) groups excluding carboxylic acids is 1. The molecule has 2 aromatic rings. The first kappa shape index (κ1) is 19.8. The van der Waals surface area contributed by atoms with Crippen LogP contribution in [-0.4, -0.2) is 33.0 Å². The van der Waals surface area contributed by atoms with Crippen molar-refractivity contribution < 1.29 is 18.0 Å². The zero-order valence-electron chi connectivity index (χ0n) is 15.1. The Labute approximate surface area is 164 Å². The Morgan fingerprint density at radius 3 is 2.74 bits per heavy atom. The molecule has 1 atom stereocenters. The summed E-state index contributed by atoms with van der Waals surface area (Å²) in [5.74, 6) is -0.343. The third-order valence-electron chi connectivity index (χ3n) is 4.74. The molecule has 0 fully saturated rings. The van der Waals surface area contributed by atoms with Crippen LogP contribution < -0.4 is 5.32 Å². The topological polar surface area (TPSA) is 75.7 Å². The van der Waals surface area contributed by atoms with E-state index in [9.17, 15) is 13.2 Å². The van der Waals surface area contributed by atoms with E-state index < -0.39 is 10.0 Å². The standard InChI is InChI=1S/C19H21ClN2O4S/c1-22(26-2)27(24,25)18-12-14(10-11-16(18)20)19(23)21-17-9-5-7-13-6-3-4-8-15(13)17/h3-4,6,8,10-12,17H,5,7,9H2,1-2H3,(H,21,23). The van der Waals surface area contributed by atoms with E-state index >= 15 is 0 Å². The SMILES string of the molecule is CON(C)S(=O)(=O)c1cc(C(=O)NC2CCCc3ccccc32)ccc1Cl.